The molecule has 0 rings (SSSR count). The number of phosphoric ester groups is 1. The third-order valence-electron chi connectivity index (χ3n) is 17.7. The van der Waals surface area contributed by atoms with Gasteiger partial charge in [-0.1, -0.05) is 371 Å². The molecule has 0 saturated carbocycles. The fourth-order valence-electron chi connectivity index (χ4n) is 11.9. The molecule has 0 aliphatic rings. The summed E-state index contributed by atoms with van der Waals surface area (Å²) < 4.78 is 33.2. The number of hydrogen-bond acceptors (Lipinski definition) is 8. The van der Waals surface area contributed by atoms with Gasteiger partial charge in [0.25, 0.3) is 0 Å². The summed E-state index contributed by atoms with van der Waals surface area (Å²) in [6, 6.07) is 0. The van der Waals surface area contributed by atoms with Crippen LogP contribution in [0.25, 0.3) is 0 Å². The van der Waals surface area contributed by atoms with Crippen LogP contribution in [0.2, 0.25) is 0 Å². The fraction of sp³-hybridized carbons (Fsp3) is 0.873. The van der Waals surface area contributed by atoms with Crippen molar-refractivity contribution in [2.75, 3.05) is 26.4 Å². The number of unbranched alkanes of at least 4 members (excludes halogenated alkanes) is 54. The van der Waals surface area contributed by atoms with Gasteiger partial charge in [0.05, 0.1) is 13.2 Å². The molecule has 0 spiro atoms. The smallest absolute Gasteiger partial charge is 0.462 e. The minimum atomic E-state index is -4.39. The van der Waals surface area contributed by atoms with Crippen LogP contribution in [0.15, 0.2) is 48.6 Å². The van der Waals surface area contributed by atoms with Crippen LogP contribution in [-0.2, 0) is 32.7 Å². The summed E-state index contributed by atoms with van der Waals surface area (Å²) in [6.07, 6.45) is 96.8. The summed E-state index contributed by atoms with van der Waals surface area (Å²) in [5, 5.41) is 0. The Morgan fingerprint density at radius 2 is 0.584 bits per heavy atom. The van der Waals surface area contributed by atoms with Crippen molar-refractivity contribution in [3.05, 3.63) is 48.6 Å². The third kappa shape index (κ3) is 74.9. The van der Waals surface area contributed by atoms with Crippen molar-refractivity contribution in [3.63, 3.8) is 0 Å². The van der Waals surface area contributed by atoms with Crippen molar-refractivity contribution < 1.29 is 37.6 Å². The molecule has 0 aromatic rings. The van der Waals surface area contributed by atoms with E-state index < -0.39 is 26.5 Å². The zero-order valence-electron chi connectivity index (χ0n) is 59.2. The number of carbonyl (C=O) groups is 2. The van der Waals surface area contributed by atoms with E-state index in [4.69, 9.17) is 24.3 Å². The highest BCUT2D eigenvalue weighted by atomic mass is 31.2. The monoisotopic (exact) mass is 1270 g/mol. The van der Waals surface area contributed by atoms with Crippen molar-refractivity contribution in [1.29, 1.82) is 0 Å². The van der Waals surface area contributed by atoms with E-state index in [2.05, 4.69) is 62.5 Å². The first kappa shape index (κ1) is 87.0. The molecule has 0 radical (unpaired) electrons. The molecule has 0 aromatic carbocycles. The first-order chi connectivity index (χ1) is 43.8. The normalized spacial score (nSPS) is 13.1. The zero-order valence-corrected chi connectivity index (χ0v) is 60.1. The van der Waals surface area contributed by atoms with E-state index in [0.29, 0.717) is 6.42 Å². The van der Waals surface area contributed by atoms with E-state index >= 15 is 0 Å². The lowest BCUT2D eigenvalue weighted by molar-refractivity contribution is -0.161. The molecule has 0 bridgehead atoms. The van der Waals surface area contributed by atoms with E-state index in [1.165, 1.54) is 327 Å². The lowest BCUT2D eigenvalue weighted by atomic mass is 10.0. The molecule has 89 heavy (non-hydrogen) atoms. The summed E-state index contributed by atoms with van der Waals surface area (Å²) in [6.45, 7) is 3.80. The standard InChI is InChI=1S/C79H150NO8P/c1-3-5-7-9-11-13-15-17-19-21-23-25-27-29-31-32-33-34-35-36-37-38-39-40-41-42-43-44-46-47-49-51-53-55-57-59-61-63-65-67-69-71-78(81)85-75-77(76-87-89(83,84)86-74-73-80)88-79(82)72-70-68-66-64-62-60-58-56-54-52-50-48-45-30-28-26-24-22-20-18-16-14-12-10-8-6-4-2/h16,18,21-24,28,30,77H,3-15,17,19-20,25-27,29,31-76,80H2,1-2H3,(H,83,84)/b18-16-,23-21-,24-22-,30-28-. The van der Waals surface area contributed by atoms with Gasteiger partial charge >= 0.3 is 19.8 Å². The predicted molar refractivity (Wildman–Crippen MR) is 386 cm³/mol. The second-order valence-electron chi connectivity index (χ2n) is 26.6. The molecule has 0 aliphatic carbocycles. The quantitative estimate of drug-likeness (QED) is 0.0264. The predicted octanol–water partition coefficient (Wildman–Crippen LogP) is 26.0. The summed E-state index contributed by atoms with van der Waals surface area (Å²) in [4.78, 5) is 35.4. The van der Waals surface area contributed by atoms with Crippen LogP contribution in [0, 0.1) is 0 Å². The van der Waals surface area contributed by atoms with E-state index in [0.717, 1.165) is 51.4 Å². The van der Waals surface area contributed by atoms with Crippen molar-refractivity contribution in [2.24, 2.45) is 5.73 Å². The van der Waals surface area contributed by atoms with Crippen molar-refractivity contribution >= 4 is 19.8 Å². The van der Waals surface area contributed by atoms with E-state index in [-0.39, 0.29) is 38.6 Å². The van der Waals surface area contributed by atoms with Gasteiger partial charge in [-0.3, -0.25) is 18.6 Å². The van der Waals surface area contributed by atoms with Gasteiger partial charge in [0, 0.05) is 19.4 Å². The van der Waals surface area contributed by atoms with Crippen LogP contribution < -0.4 is 5.73 Å². The maximum absolute atomic E-state index is 12.8. The van der Waals surface area contributed by atoms with Crippen molar-refractivity contribution in [1.82, 2.24) is 0 Å². The lowest BCUT2D eigenvalue weighted by Gasteiger charge is -2.19. The molecule has 2 unspecified atom stereocenters. The van der Waals surface area contributed by atoms with Gasteiger partial charge < -0.3 is 20.1 Å². The first-order valence-electron chi connectivity index (χ1n) is 39.1. The molecule has 0 amide bonds. The molecule has 0 fully saturated rings. The summed E-state index contributed by atoms with van der Waals surface area (Å²) in [7, 11) is -4.39. The highest BCUT2D eigenvalue weighted by Crippen LogP contribution is 2.43. The Morgan fingerprint density at radius 1 is 0.337 bits per heavy atom. The number of phosphoric acid groups is 1. The Kier molecular flexibility index (Phi) is 73.3. The van der Waals surface area contributed by atoms with Gasteiger partial charge in [-0.2, -0.15) is 0 Å². The third-order valence-corrected chi connectivity index (χ3v) is 18.7. The van der Waals surface area contributed by atoms with Gasteiger partial charge in [-0.25, -0.2) is 4.57 Å². The zero-order chi connectivity index (χ0) is 64.4. The molecule has 0 saturated heterocycles. The Morgan fingerprint density at radius 3 is 0.876 bits per heavy atom. The molecule has 0 heterocycles. The van der Waals surface area contributed by atoms with Gasteiger partial charge in [-0.05, 0) is 77.0 Å². The number of esters is 2. The minimum absolute atomic E-state index is 0.0543. The highest BCUT2D eigenvalue weighted by Gasteiger charge is 2.26. The lowest BCUT2D eigenvalue weighted by Crippen LogP contribution is -2.29. The van der Waals surface area contributed by atoms with Crippen molar-refractivity contribution in [3.8, 4) is 0 Å². The van der Waals surface area contributed by atoms with Crippen LogP contribution in [0.4, 0.5) is 0 Å². The maximum Gasteiger partial charge on any atom is 0.472 e. The average molecular weight is 1270 g/mol. The first-order valence-corrected chi connectivity index (χ1v) is 40.6. The highest BCUT2D eigenvalue weighted by molar-refractivity contribution is 7.47. The topological polar surface area (TPSA) is 134 Å². The number of nitrogens with two attached hydrogens (primary N) is 1. The van der Waals surface area contributed by atoms with Crippen molar-refractivity contribution in [2.45, 2.75) is 418 Å². The van der Waals surface area contributed by atoms with Crippen LogP contribution in [0.1, 0.15) is 412 Å². The number of rotatable bonds is 75. The van der Waals surface area contributed by atoms with Crippen LogP contribution in [0.3, 0.4) is 0 Å². The Hall–Kier alpha value is -2.03. The van der Waals surface area contributed by atoms with Gasteiger partial charge in [0.1, 0.15) is 6.61 Å². The largest absolute Gasteiger partial charge is 0.472 e. The fourth-order valence-corrected chi connectivity index (χ4v) is 12.6. The molecular formula is C79H150NO8P. The Balaban J connectivity index is 3.74. The molecule has 0 aliphatic heterocycles. The number of carbonyl (C=O) groups excluding carboxylic acids is 2. The molecule has 9 nitrogen and oxygen atoms in total. The van der Waals surface area contributed by atoms with Gasteiger partial charge in [0.2, 0.25) is 0 Å². The molecule has 3 N–H and O–H groups in total. The Labute approximate surface area is 553 Å². The molecule has 2 atom stereocenters. The molecule has 524 valence electrons. The Bertz CT molecular complexity index is 1600. The second kappa shape index (κ2) is 75.0. The van der Waals surface area contributed by atoms with Crippen LogP contribution in [-0.4, -0.2) is 49.3 Å². The SMILES string of the molecule is CCCCCCC/C=C\C/C=C\C/C=C\CCCCCCCCCCCCCCC(=O)OC(COC(=O)CCCCCCCCCCCCCCCCCCCCCCCCCCCCCCC/C=C\CCCCCCCCCC)COP(=O)(O)OCCN. The number of ether oxygens (including phenoxy) is 2. The van der Waals surface area contributed by atoms with Crippen LogP contribution in [0.5, 0.6) is 0 Å². The number of allylic oxidation sites excluding steroid dienone is 8. The maximum atomic E-state index is 12.8. The summed E-state index contributed by atoms with van der Waals surface area (Å²) in [5.74, 6) is -0.809. The van der Waals surface area contributed by atoms with E-state index in [9.17, 15) is 19.0 Å². The average Bonchev–Trinajstić information content (AvgIpc) is 3.64. The molecule has 10 heteroatoms. The van der Waals surface area contributed by atoms with Gasteiger partial charge in [-0.15, -0.1) is 0 Å². The summed E-state index contributed by atoms with van der Waals surface area (Å²) >= 11 is 0. The van der Waals surface area contributed by atoms with E-state index in [1.807, 2.05) is 0 Å². The summed E-state index contributed by atoms with van der Waals surface area (Å²) in [5.41, 5.74) is 5.41. The van der Waals surface area contributed by atoms with Crippen LogP contribution >= 0.6 is 7.82 Å². The molecular weight excluding hydrogens is 1120 g/mol. The minimum Gasteiger partial charge on any atom is -0.462 e. The molecule has 0 aromatic heterocycles. The van der Waals surface area contributed by atoms with E-state index in [1.54, 1.807) is 0 Å². The van der Waals surface area contributed by atoms with Gasteiger partial charge in [0.15, 0.2) is 6.10 Å². The number of hydrogen-bond donors (Lipinski definition) is 2. The second-order valence-corrected chi connectivity index (χ2v) is 28.0.